The van der Waals surface area contributed by atoms with E-state index < -0.39 is 0 Å². The van der Waals surface area contributed by atoms with Gasteiger partial charge in [-0.05, 0) is 73.5 Å². The highest BCUT2D eigenvalue weighted by molar-refractivity contribution is 6.02. The van der Waals surface area contributed by atoms with Crippen molar-refractivity contribution in [2.45, 2.75) is 80.1 Å². The number of likely N-dealkylation sites (tertiary alicyclic amines) is 1. The molecule has 0 saturated carbocycles. The largest absolute Gasteiger partial charge is 0.371 e. The molecule has 0 radical (unpaired) electrons. The fraction of sp³-hybridized carbons (Fsp3) is 0.714. The van der Waals surface area contributed by atoms with E-state index in [1.807, 2.05) is 23.1 Å². The Balaban J connectivity index is 1.78. The third-order valence-corrected chi connectivity index (χ3v) is 7.20. The Labute approximate surface area is 201 Å². The lowest BCUT2D eigenvalue weighted by molar-refractivity contribution is -0.117. The summed E-state index contributed by atoms with van der Waals surface area (Å²) in [4.78, 5) is 30.7. The van der Waals surface area contributed by atoms with Gasteiger partial charge in [-0.1, -0.05) is 41.5 Å². The van der Waals surface area contributed by atoms with Gasteiger partial charge in [0.15, 0.2) is 0 Å². The molecule has 33 heavy (non-hydrogen) atoms. The summed E-state index contributed by atoms with van der Waals surface area (Å²) in [5, 5.41) is 3.07. The van der Waals surface area contributed by atoms with Crippen LogP contribution in [-0.2, 0) is 4.79 Å². The minimum atomic E-state index is 0.0245. The number of piperidine rings is 2. The summed E-state index contributed by atoms with van der Waals surface area (Å²) in [5.41, 5.74) is 2.69. The van der Waals surface area contributed by atoms with Crippen molar-refractivity contribution in [2.24, 2.45) is 23.2 Å². The molecule has 5 heteroatoms. The Morgan fingerprint density at radius 3 is 2.15 bits per heavy atom. The molecule has 1 aromatic carbocycles. The Hall–Kier alpha value is -2.04. The standard InChI is InChI=1S/C28H45N3O2/c1-20-9-13-30(14-10-20)25-8-7-23(29-26(32)17-22(3)19-28(4,5)6)18-24(25)27(33)31-15-11-21(2)12-16-31/h7-8,18,20-22H,9-17,19H2,1-6H3,(H,29,32). The lowest BCUT2D eigenvalue weighted by Gasteiger charge is -2.35. The number of rotatable bonds is 6. The molecule has 1 aromatic rings. The van der Waals surface area contributed by atoms with E-state index in [1.165, 1.54) is 0 Å². The lowest BCUT2D eigenvalue weighted by Crippen LogP contribution is -2.40. The summed E-state index contributed by atoms with van der Waals surface area (Å²) in [6.45, 7) is 16.9. The molecular weight excluding hydrogens is 410 g/mol. The first-order chi connectivity index (χ1) is 15.5. The molecule has 184 valence electrons. The first-order valence-corrected chi connectivity index (χ1v) is 13.0. The summed E-state index contributed by atoms with van der Waals surface area (Å²) in [7, 11) is 0. The third-order valence-electron chi connectivity index (χ3n) is 7.20. The van der Waals surface area contributed by atoms with Crippen LogP contribution >= 0.6 is 0 Å². The highest BCUT2D eigenvalue weighted by Gasteiger charge is 2.27. The van der Waals surface area contributed by atoms with Crippen LogP contribution in [-0.4, -0.2) is 42.9 Å². The maximum absolute atomic E-state index is 13.6. The first kappa shape index (κ1) is 25.6. The average Bonchev–Trinajstić information content (AvgIpc) is 2.73. The van der Waals surface area contributed by atoms with E-state index in [2.05, 4.69) is 51.8 Å². The van der Waals surface area contributed by atoms with Crippen molar-refractivity contribution in [3.05, 3.63) is 23.8 Å². The lowest BCUT2D eigenvalue weighted by atomic mass is 9.84. The van der Waals surface area contributed by atoms with Crippen LogP contribution in [0.3, 0.4) is 0 Å². The number of nitrogens with zero attached hydrogens (tertiary/aromatic N) is 2. The summed E-state index contributed by atoms with van der Waals surface area (Å²) in [5.74, 6) is 1.86. The number of hydrogen-bond acceptors (Lipinski definition) is 3. The molecule has 2 fully saturated rings. The van der Waals surface area contributed by atoms with E-state index in [0.29, 0.717) is 18.3 Å². The van der Waals surface area contributed by atoms with Crippen molar-refractivity contribution in [2.75, 3.05) is 36.4 Å². The van der Waals surface area contributed by atoms with E-state index in [1.54, 1.807) is 0 Å². The molecule has 0 spiro atoms. The number of benzene rings is 1. The second-order valence-electron chi connectivity index (χ2n) is 12.0. The van der Waals surface area contributed by atoms with Gasteiger partial charge in [0.2, 0.25) is 5.91 Å². The van der Waals surface area contributed by atoms with Crippen LogP contribution < -0.4 is 10.2 Å². The van der Waals surface area contributed by atoms with Crippen LogP contribution in [0.1, 0.15) is 90.4 Å². The predicted molar refractivity (Wildman–Crippen MR) is 138 cm³/mol. The molecule has 0 aliphatic carbocycles. The summed E-state index contributed by atoms with van der Waals surface area (Å²) in [6, 6.07) is 5.93. The fourth-order valence-corrected chi connectivity index (χ4v) is 5.34. The molecular formula is C28H45N3O2. The Bertz CT molecular complexity index is 813. The molecule has 2 aliphatic heterocycles. The second-order valence-corrected chi connectivity index (χ2v) is 12.0. The van der Waals surface area contributed by atoms with E-state index >= 15 is 0 Å². The van der Waals surface area contributed by atoms with Crippen LogP contribution in [0.15, 0.2) is 18.2 Å². The number of carbonyl (C=O) groups excluding carboxylic acids is 2. The van der Waals surface area contributed by atoms with Crippen molar-refractivity contribution in [3.63, 3.8) is 0 Å². The number of amides is 2. The number of anilines is 2. The van der Waals surface area contributed by atoms with Gasteiger partial charge in [-0.3, -0.25) is 9.59 Å². The molecule has 0 bridgehead atoms. The normalized spacial score (nSPS) is 19.5. The van der Waals surface area contributed by atoms with Crippen molar-refractivity contribution in [1.82, 2.24) is 4.90 Å². The smallest absolute Gasteiger partial charge is 0.256 e. The molecule has 3 rings (SSSR count). The van der Waals surface area contributed by atoms with Gasteiger partial charge in [-0.15, -0.1) is 0 Å². The first-order valence-electron chi connectivity index (χ1n) is 13.0. The Kier molecular flexibility index (Phi) is 8.47. The monoisotopic (exact) mass is 455 g/mol. The molecule has 2 aliphatic rings. The van der Waals surface area contributed by atoms with Crippen LogP contribution in [0.2, 0.25) is 0 Å². The minimum Gasteiger partial charge on any atom is -0.371 e. The van der Waals surface area contributed by atoms with E-state index in [-0.39, 0.29) is 17.2 Å². The average molecular weight is 456 g/mol. The summed E-state index contributed by atoms with van der Waals surface area (Å²) >= 11 is 0. The van der Waals surface area contributed by atoms with E-state index in [9.17, 15) is 9.59 Å². The van der Waals surface area contributed by atoms with Gasteiger partial charge in [0.1, 0.15) is 0 Å². The van der Waals surface area contributed by atoms with Crippen LogP contribution in [0.25, 0.3) is 0 Å². The van der Waals surface area contributed by atoms with E-state index in [0.717, 1.165) is 81.1 Å². The van der Waals surface area contributed by atoms with Gasteiger partial charge in [0.25, 0.3) is 5.91 Å². The molecule has 5 nitrogen and oxygen atoms in total. The number of nitrogens with one attached hydrogen (secondary N) is 1. The second kappa shape index (κ2) is 10.9. The minimum absolute atomic E-state index is 0.0245. The van der Waals surface area contributed by atoms with Crippen molar-refractivity contribution in [1.29, 1.82) is 0 Å². The molecule has 0 aromatic heterocycles. The SMILES string of the molecule is CC1CCN(C(=O)c2cc(NC(=O)CC(C)CC(C)(C)C)ccc2N2CCC(C)CC2)CC1. The third kappa shape index (κ3) is 7.48. The van der Waals surface area contributed by atoms with Crippen LogP contribution in [0, 0.1) is 23.2 Å². The van der Waals surface area contributed by atoms with Gasteiger partial charge in [-0.25, -0.2) is 0 Å². The van der Waals surface area contributed by atoms with Gasteiger partial charge in [0, 0.05) is 44.0 Å². The maximum Gasteiger partial charge on any atom is 0.256 e. The Morgan fingerprint density at radius 1 is 1.00 bits per heavy atom. The van der Waals surface area contributed by atoms with Crippen molar-refractivity contribution < 1.29 is 9.59 Å². The molecule has 1 N–H and O–H groups in total. The zero-order valence-corrected chi connectivity index (χ0v) is 21.7. The fourth-order valence-electron chi connectivity index (χ4n) is 5.34. The predicted octanol–water partition coefficient (Wildman–Crippen LogP) is 6.20. The van der Waals surface area contributed by atoms with Gasteiger partial charge in [-0.2, -0.15) is 0 Å². The molecule has 1 atom stereocenters. The molecule has 2 heterocycles. The molecule has 2 saturated heterocycles. The summed E-state index contributed by atoms with van der Waals surface area (Å²) < 4.78 is 0. The van der Waals surface area contributed by atoms with Crippen molar-refractivity contribution in [3.8, 4) is 0 Å². The molecule has 2 amide bonds. The highest BCUT2D eigenvalue weighted by atomic mass is 16.2. The van der Waals surface area contributed by atoms with Crippen LogP contribution in [0.4, 0.5) is 11.4 Å². The van der Waals surface area contributed by atoms with Crippen LogP contribution in [0.5, 0.6) is 0 Å². The zero-order valence-electron chi connectivity index (χ0n) is 21.7. The topological polar surface area (TPSA) is 52.7 Å². The Morgan fingerprint density at radius 2 is 1.58 bits per heavy atom. The molecule has 1 unspecified atom stereocenters. The number of hydrogen-bond donors (Lipinski definition) is 1. The van der Waals surface area contributed by atoms with E-state index in [4.69, 9.17) is 0 Å². The number of carbonyl (C=O) groups is 2. The van der Waals surface area contributed by atoms with Gasteiger partial charge in [0.05, 0.1) is 5.56 Å². The highest BCUT2D eigenvalue weighted by Crippen LogP contribution is 2.31. The summed E-state index contributed by atoms with van der Waals surface area (Å²) in [6.07, 6.45) is 5.92. The quantitative estimate of drug-likeness (QED) is 0.556. The van der Waals surface area contributed by atoms with Gasteiger partial charge < -0.3 is 15.1 Å². The zero-order chi connectivity index (χ0) is 24.2. The maximum atomic E-state index is 13.6. The van der Waals surface area contributed by atoms with Gasteiger partial charge >= 0.3 is 0 Å². The van der Waals surface area contributed by atoms with Crippen molar-refractivity contribution >= 4 is 23.2 Å².